The number of carbonyl (C=O) groups is 1. The second kappa shape index (κ2) is 11.4. The maximum absolute atomic E-state index is 12.0. The van der Waals surface area contributed by atoms with E-state index in [0.29, 0.717) is 31.2 Å². The molecule has 40 heavy (non-hydrogen) atoms. The number of hydrogen-bond donors (Lipinski definition) is 2. The predicted octanol–water partition coefficient (Wildman–Crippen LogP) is 2.79. The molecule has 1 unspecified atom stereocenters. The molecule has 2 aliphatic heterocycles. The van der Waals surface area contributed by atoms with Crippen LogP contribution in [0.25, 0.3) is 22.8 Å². The van der Waals surface area contributed by atoms with Crippen molar-refractivity contribution in [3.8, 4) is 28.5 Å². The number of carbonyl (C=O) groups excluding carboxylic acids is 1. The fraction of sp³-hybridized carbons (Fsp3) is 0.517. The van der Waals surface area contributed by atoms with E-state index in [9.17, 15) is 9.90 Å². The lowest BCUT2D eigenvalue weighted by Gasteiger charge is -2.54. The van der Waals surface area contributed by atoms with Gasteiger partial charge >= 0.3 is 6.09 Å². The minimum absolute atomic E-state index is 0.173. The standard InChI is InChI=1S/C29H39N7O4/c1-19-14-31-34(4)25(19)24-20(2)27(36-17-29(18-36)9-11-35(12-10-29)28(38)39-5)33-26(32-24)21-7-6-8-23(13-21)40-16-22(37)15-30-3/h6-8,13-14,22,30,37H,9-12,15-18H2,1-5H3. The SMILES string of the molecule is CNCC(O)COc1cccc(-c2nc(-c3c(C)cnn3C)c(C)c(N3CC4(CCN(C(=O)OC)CC4)C3)n2)c1. The summed E-state index contributed by atoms with van der Waals surface area (Å²) in [4.78, 5) is 26.2. The Labute approximate surface area is 235 Å². The van der Waals surface area contributed by atoms with Gasteiger partial charge in [0, 0.05) is 56.3 Å². The summed E-state index contributed by atoms with van der Waals surface area (Å²) in [6.07, 6.45) is 2.90. The van der Waals surface area contributed by atoms with Crippen molar-refractivity contribution in [3.63, 3.8) is 0 Å². The number of piperidine rings is 1. The summed E-state index contributed by atoms with van der Waals surface area (Å²) < 4.78 is 12.6. The molecule has 2 aromatic heterocycles. The lowest BCUT2D eigenvalue weighted by Crippen LogP contribution is -2.61. The molecule has 4 heterocycles. The van der Waals surface area contributed by atoms with Crippen LogP contribution in [0.3, 0.4) is 0 Å². The van der Waals surface area contributed by atoms with E-state index in [1.165, 1.54) is 7.11 Å². The Morgan fingerprint density at radius 1 is 1.20 bits per heavy atom. The van der Waals surface area contributed by atoms with Gasteiger partial charge in [-0.05, 0) is 51.4 Å². The van der Waals surface area contributed by atoms with E-state index in [1.54, 1.807) is 11.9 Å². The number of amides is 1. The molecule has 2 aliphatic rings. The summed E-state index contributed by atoms with van der Waals surface area (Å²) in [5.41, 5.74) is 4.89. The largest absolute Gasteiger partial charge is 0.491 e. The lowest BCUT2D eigenvalue weighted by atomic mass is 9.72. The number of likely N-dealkylation sites (N-methyl/N-ethyl adjacent to an activating group) is 1. The number of aliphatic hydroxyl groups is 1. The number of hydrogen-bond acceptors (Lipinski definition) is 9. The second-order valence-electron chi connectivity index (χ2n) is 11.0. The highest BCUT2D eigenvalue weighted by Gasteiger charge is 2.46. The first-order valence-electron chi connectivity index (χ1n) is 13.7. The summed E-state index contributed by atoms with van der Waals surface area (Å²) in [7, 11) is 5.16. The number of aryl methyl sites for hydroxylation is 2. The van der Waals surface area contributed by atoms with Crippen molar-refractivity contribution < 1.29 is 19.4 Å². The highest BCUT2D eigenvalue weighted by atomic mass is 16.5. The van der Waals surface area contributed by atoms with Gasteiger partial charge < -0.3 is 29.7 Å². The Kier molecular flexibility index (Phi) is 7.95. The topological polar surface area (TPSA) is 118 Å². The maximum Gasteiger partial charge on any atom is 0.409 e. The van der Waals surface area contributed by atoms with E-state index in [0.717, 1.165) is 59.8 Å². The maximum atomic E-state index is 12.0. The van der Waals surface area contributed by atoms with E-state index >= 15 is 0 Å². The van der Waals surface area contributed by atoms with Gasteiger partial charge in [-0.3, -0.25) is 4.68 Å². The van der Waals surface area contributed by atoms with Gasteiger partial charge in [-0.25, -0.2) is 14.8 Å². The van der Waals surface area contributed by atoms with E-state index in [-0.39, 0.29) is 18.1 Å². The molecule has 11 nitrogen and oxygen atoms in total. The molecule has 2 fully saturated rings. The molecule has 2 N–H and O–H groups in total. The number of methoxy groups -OCH3 is 1. The van der Waals surface area contributed by atoms with Crippen LogP contribution in [0.1, 0.15) is 24.0 Å². The average Bonchev–Trinajstić information content (AvgIpc) is 3.28. The molecule has 214 valence electrons. The number of aliphatic hydroxyl groups excluding tert-OH is 1. The zero-order valence-electron chi connectivity index (χ0n) is 24.0. The molecule has 1 spiro atoms. The van der Waals surface area contributed by atoms with Crippen molar-refractivity contribution in [1.29, 1.82) is 0 Å². The number of anilines is 1. The van der Waals surface area contributed by atoms with Gasteiger partial charge in [-0.2, -0.15) is 5.10 Å². The molecule has 0 bridgehead atoms. The first kappa shape index (κ1) is 27.9. The molecular formula is C29H39N7O4. The number of benzene rings is 1. The predicted molar refractivity (Wildman–Crippen MR) is 152 cm³/mol. The number of ether oxygens (including phenoxy) is 2. The van der Waals surface area contributed by atoms with Crippen LogP contribution in [-0.2, 0) is 11.8 Å². The van der Waals surface area contributed by atoms with Gasteiger partial charge in [-0.1, -0.05) is 12.1 Å². The fourth-order valence-electron chi connectivity index (χ4n) is 5.79. The molecule has 2 saturated heterocycles. The molecule has 3 aromatic rings. The minimum Gasteiger partial charge on any atom is -0.491 e. The zero-order chi connectivity index (χ0) is 28.4. The highest BCUT2D eigenvalue weighted by Crippen LogP contribution is 2.44. The van der Waals surface area contributed by atoms with Crippen molar-refractivity contribution in [3.05, 3.63) is 41.6 Å². The normalized spacial score (nSPS) is 17.1. The third-order valence-electron chi connectivity index (χ3n) is 8.05. The van der Waals surface area contributed by atoms with Crippen LogP contribution in [0, 0.1) is 19.3 Å². The first-order valence-corrected chi connectivity index (χ1v) is 13.7. The van der Waals surface area contributed by atoms with Crippen LogP contribution >= 0.6 is 0 Å². The third-order valence-corrected chi connectivity index (χ3v) is 8.05. The van der Waals surface area contributed by atoms with Gasteiger partial charge in [0.2, 0.25) is 0 Å². The smallest absolute Gasteiger partial charge is 0.409 e. The molecule has 0 radical (unpaired) electrons. The Balaban J connectivity index is 1.44. The first-order chi connectivity index (χ1) is 19.2. The molecule has 0 aliphatic carbocycles. The van der Waals surface area contributed by atoms with Crippen molar-refractivity contribution in [2.24, 2.45) is 12.5 Å². The van der Waals surface area contributed by atoms with Gasteiger partial charge in [0.05, 0.1) is 24.7 Å². The van der Waals surface area contributed by atoms with Crippen LogP contribution in [0.4, 0.5) is 10.6 Å². The summed E-state index contributed by atoms with van der Waals surface area (Å²) >= 11 is 0. The molecule has 11 heteroatoms. The van der Waals surface area contributed by atoms with Crippen LogP contribution < -0.4 is 15.0 Å². The van der Waals surface area contributed by atoms with Gasteiger partial charge in [0.1, 0.15) is 24.3 Å². The van der Waals surface area contributed by atoms with Crippen LogP contribution in [0.2, 0.25) is 0 Å². The Morgan fingerprint density at radius 3 is 2.60 bits per heavy atom. The number of aromatic nitrogens is 4. The molecular weight excluding hydrogens is 510 g/mol. The third kappa shape index (κ3) is 5.48. The van der Waals surface area contributed by atoms with Crippen molar-refractivity contribution >= 4 is 11.9 Å². The minimum atomic E-state index is -0.603. The van der Waals surface area contributed by atoms with Gasteiger partial charge in [0.25, 0.3) is 0 Å². The van der Waals surface area contributed by atoms with Crippen molar-refractivity contribution in [2.75, 3.05) is 58.4 Å². The van der Waals surface area contributed by atoms with Crippen molar-refractivity contribution in [1.82, 2.24) is 30.0 Å². The summed E-state index contributed by atoms with van der Waals surface area (Å²) in [6, 6.07) is 7.68. The highest BCUT2D eigenvalue weighted by molar-refractivity contribution is 5.73. The molecule has 1 amide bonds. The monoisotopic (exact) mass is 549 g/mol. The van der Waals surface area contributed by atoms with Crippen LogP contribution in [-0.4, -0.2) is 95.4 Å². The molecule has 1 atom stereocenters. The number of likely N-dealkylation sites (tertiary alicyclic amines) is 1. The van der Waals surface area contributed by atoms with E-state index in [2.05, 4.69) is 22.2 Å². The summed E-state index contributed by atoms with van der Waals surface area (Å²) in [6.45, 7) is 7.96. The number of nitrogens with zero attached hydrogens (tertiary/aromatic N) is 6. The fourth-order valence-corrected chi connectivity index (χ4v) is 5.79. The summed E-state index contributed by atoms with van der Waals surface area (Å²) in [5.74, 6) is 2.17. The molecule has 1 aromatic carbocycles. The Morgan fingerprint density at radius 2 is 1.95 bits per heavy atom. The Hall–Kier alpha value is -3.70. The lowest BCUT2D eigenvalue weighted by molar-refractivity contribution is 0.0621. The zero-order valence-corrected chi connectivity index (χ0v) is 24.0. The molecule has 5 rings (SSSR count). The summed E-state index contributed by atoms with van der Waals surface area (Å²) in [5, 5.41) is 17.5. The van der Waals surface area contributed by atoms with E-state index < -0.39 is 6.10 Å². The van der Waals surface area contributed by atoms with Crippen LogP contribution in [0.15, 0.2) is 30.5 Å². The number of rotatable bonds is 8. The average molecular weight is 550 g/mol. The van der Waals surface area contributed by atoms with E-state index in [1.807, 2.05) is 49.1 Å². The second-order valence-corrected chi connectivity index (χ2v) is 11.0. The van der Waals surface area contributed by atoms with Gasteiger partial charge in [-0.15, -0.1) is 0 Å². The van der Waals surface area contributed by atoms with E-state index in [4.69, 9.17) is 19.4 Å². The van der Waals surface area contributed by atoms with Crippen LogP contribution in [0.5, 0.6) is 5.75 Å². The van der Waals surface area contributed by atoms with Gasteiger partial charge in [0.15, 0.2) is 5.82 Å². The quantitative estimate of drug-likeness (QED) is 0.437. The number of nitrogens with one attached hydrogen (secondary N) is 1. The molecule has 0 saturated carbocycles. The van der Waals surface area contributed by atoms with Crippen molar-refractivity contribution in [2.45, 2.75) is 32.8 Å². The Bertz CT molecular complexity index is 1340.